The molecule has 0 bridgehead atoms. The number of anilines is 1. The molecule has 0 unspecified atom stereocenters. The molecule has 2 aromatic heterocycles. The number of para-hydroxylation sites is 1. The summed E-state index contributed by atoms with van der Waals surface area (Å²) < 4.78 is 37.4. The molecular formula is C28H23ClN4O5S2. The predicted octanol–water partition coefficient (Wildman–Crippen LogP) is 5.42. The summed E-state index contributed by atoms with van der Waals surface area (Å²) in [7, 11) is -2.70. The lowest BCUT2D eigenvalue weighted by molar-refractivity contribution is 0.0468. The van der Waals surface area contributed by atoms with Crippen LogP contribution in [0.2, 0.25) is 5.02 Å². The van der Waals surface area contributed by atoms with Crippen LogP contribution in [0.15, 0.2) is 93.9 Å². The number of halogens is 1. The van der Waals surface area contributed by atoms with E-state index in [1.165, 1.54) is 28.2 Å². The highest BCUT2D eigenvalue weighted by Crippen LogP contribution is 2.27. The van der Waals surface area contributed by atoms with Crippen molar-refractivity contribution in [2.45, 2.75) is 18.4 Å². The van der Waals surface area contributed by atoms with Crippen molar-refractivity contribution in [1.82, 2.24) is 14.3 Å². The number of benzene rings is 3. The molecule has 3 aromatic carbocycles. The molecule has 5 rings (SSSR count). The Hall–Kier alpha value is -4.19. The molecule has 0 fully saturated rings. The number of sulfonamides is 1. The molecule has 40 heavy (non-hydrogen) atoms. The number of thiazole rings is 1. The minimum Gasteiger partial charge on any atom is -0.456 e. The zero-order chi connectivity index (χ0) is 28.4. The molecule has 0 aliphatic rings. The second-order valence-electron chi connectivity index (χ2n) is 8.77. The van der Waals surface area contributed by atoms with Gasteiger partial charge in [-0.2, -0.15) is 0 Å². The molecule has 0 atom stereocenters. The minimum atomic E-state index is -4.35. The van der Waals surface area contributed by atoms with E-state index in [1.54, 1.807) is 48.3 Å². The SMILES string of the molecule is Cc1c(NS(=O)(=O)c2cc(C(=O)OCc3csc(-c4ccccc4)n3)ccc2Cl)c(=O)n(-c2ccccc2)n1C. The number of hydrogen-bond acceptors (Lipinski definition) is 7. The summed E-state index contributed by atoms with van der Waals surface area (Å²) in [5, 5.41) is 2.47. The topological polar surface area (TPSA) is 112 Å². The van der Waals surface area contributed by atoms with Crippen LogP contribution in [0.5, 0.6) is 0 Å². The highest BCUT2D eigenvalue weighted by atomic mass is 35.5. The summed E-state index contributed by atoms with van der Waals surface area (Å²) >= 11 is 7.65. The number of nitrogens with zero attached hydrogens (tertiary/aromatic N) is 3. The number of hydrogen-bond donors (Lipinski definition) is 1. The zero-order valence-electron chi connectivity index (χ0n) is 21.4. The fraction of sp³-hybridized carbons (Fsp3) is 0.107. The fourth-order valence-electron chi connectivity index (χ4n) is 4.02. The number of ether oxygens (including phenoxy) is 1. The third kappa shape index (κ3) is 5.44. The Labute approximate surface area is 239 Å². The van der Waals surface area contributed by atoms with Crippen LogP contribution in [0.1, 0.15) is 21.7 Å². The lowest BCUT2D eigenvalue weighted by atomic mass is 10.2. The maximum absolute atomic E-state index is 13.4. The summed E-state index contributed by atoms with van der Waals surface area (Å²) in [6, 6.07) is 22.2. The normalized spacial score (nSPS) is 11.4. The molecule has 0 aliphatic heterocycles. The van der Waals surface area contributed by atoms with E-state index in [9.17, 15) is 18.0 Å². The number of aromatic nitrogens is 3. The Balaban J connectivity index is 1.36. The van der Waals surface area contributed by atoms with Crippen molar-refractivity contribution < 1.29 is 17.9 Å². The van der Waals surface area contributed by atoms with E-state index in [0.29, 0.717) is 17.1 Å². The highest BCUT2D eigenvalue weighted by Gasteiger charge is 2.25. The average molecular weight is 595 g/mol. The van der Waals surface area contributed by atoms with Crippen LogP contribution < -0.4 is 10.3 Å². The average Bonchev–Trinajstić information content (AvgIpc) is 3.51. The van der Waals surface area contributed by atoms with Gasteiger partial charge in [0.1, 0.15) is 22.2 Å². The first-order valence-corrected chi connectivity index (χ1v) is 14.7. The third-order valence-electron chi connectivity index (χ3n) is 6.17. The van der Waals surface area contributed by atoms with E-state index in [1.807, 2.05) is 36.4 Å². The van der Waals surface area contributed by atoms with Crippen LogP contribution >= 0.6 is 22.9 Å². The van der Waals surface area contributed by atoms with Crippen LogP contribution in [0.3, 0.4) is 0 Å². The van der Waals surface area contributed by atoms with Crippen molar-refractivity contribution in [3.05, 3.63) is 117 Å². The fourth-order valence-corrected chi connectivity index (χ4v) is 6.47. The maximum Gasteiger partial charge on any atom is 0.338 e. The summed E-state index contributed by atoms with van der Waals surface area (Å²) in [4.78, 5) is 30.1. The molecule has 204 valence electrons. The smallest absolute Gasteiger partial charge is 0.338 e. The third-order valence-corrected chi connectivity index (χ3v) is 8.94. The molecule has 0 saturated heterocycles. The molecule has 9 nitrogen and oxygen atoms in total. The standard InChI is InChI=1S/C28H23ClN4O5S2/c1-18-25(27(34)33(32(18)2)22-11-7-4-8-12-22)31-40(36,37)24-15-20(13-14-23(24)29)28(35)38-16-21-17-39-26(30-21)19-9-5-3-6-10-19/h3-15,17,31H,16H2,1-2H3. The molecule has 2 heterocycles. The van der Waals surface area contributed by atoms with Crippen molar-refractivity contribution >= 4 is 44.6 Å². The van der Waals surface area contributed by atoms with Gasteiger partial charge in [-0.05, 0) is 37.3 Å². The Morgan fingerprint density at radius 3 is 2.42 bits per heavy atom. The molecule has 12 heteroatoms. The van der Waals surface area contributed by atoms with Gasteiger partial charge in [0.2, 0.25) is 0 Å². The Kier molecular flexibility index (Phi) is 7.61. The number of carbonyl (C=O) groups excluding carboxylic acids is 1. The number of esters is 1. The van der Waals surface area contributed by atoms with Crippen LogP contribution in [-0.4, -0.2) is 28.7 Å². The minimum absolute atomic E-state index is 0.0187. The van der Waals surface area contributed by atoms with E-state index in [2.05, 4.69) is 9.71 Å². The van der Waals surface area contributed by atoms with Gasteiger partial charge in [0.05, 0.1) is 27.7 Å². The Morgan fingerprint density at radius 1 is 1.05 bits per heavy atom. The van der Waals surface area contributed by atoms with Crippen molar-refractivity contribution in [3.63, 3.8) is 0 Å². The zero-order valence-corrected chi connectivity index (χ0v) is 23.8. The molecular weight excluding hydrogens is 572 g/mol. The van der Waals surface area contributed by atoms with E-state index in [-0.39, 0.29) is 27.8 Å². The largest absolute Gasteiger partial charge is 0.456 e. The van der Waals surface area contributed by atoms with Gasteiger partial charge in [-0.25, -0.2) is 22.9 Å². The first-order chi connectivity index (χ1) is 19.2. The van der Waals surface area contributed by atoms with Gasteiger partial charge in [-0.1, -0.05) is 60.1 Å². The highest BCUT2D eigenvalue weighted by molar-refractivity contribution is 7.92. The molecule has 0 aliphatic carbocycles. The van der Waals surface area contributed by atoms with E-state index < -0.39 is 21.6 Å². The summed E-state index contributed by atoms with van der Waals surface area (Å²) in [5.74, 6) is -0.746. The molecule has 1 N–H and O–H groups in total. The lowest BCUT2D eigenvalue weighted by Crippen LogP contribution is -2.23. The lowest BCUT2D eigenvalue weighted by Gasteiger charge is -2.10. The van der Waals surface area contributed by atoms with Crippen LogP contribution in [-0.2, 0) is 28.4 Å². The Bertz CT molecular complexity index is 1860. The van der Waals surface area contributed by atoms with Crippen molar-refractivity contribution in [1.29, 1.82) is 0 Å². The van der Waals surface area contributed by atoms with Crippen molar-refractivity contribution in [2.75, 3.05) is 4.72 Å². The van der Waals surface area contributed by atoms with Gasteiger partial charge in [0.25, 0.3) is 15.6 Å². The molecule has 0 amide bonds. The predicted molar refractivity (Wildman–Crippen MR) is 155 cm³/mol. The van der Waals surface area contributed by atoms with Crippen molar-refractivity contribution in [2.24, 2.45) is 7.05 Å². The maximum atomic E-state index is 13.4. The Morgan fingerprint density at radius 2 is 1.73 bits per heavy atom. The van der Waals surface area contributed by atoms with Crippen LogP contribution in [0.4, 0.5) is 5.69 Å². The number of carbonyl (C=O) groups is 1. The van der Waals surface area contributed by atoms with Gasteiger partial charge in [0, 0.05) is 18.0 Å². The van der Waals surface area contributed by atoms with E-state index >= 15 is 0 Å². The summed E-state index contributed by atoms with van der Waals surface area (Å²) in [5.41, 5.74) is 1.77. The van der Waals surface area contributed by atoms with E-state index in [0.717, 1.165) is 16.6 Å². The number of rotatable bonds is 8. The second-order valence-corrected chi connectivity index (χ2v) is 11.7. The first kappa shape index (κ1) is 27.4. The van der Waals surface area contributed by atoms with Crippen molar-refractivity contribution in [3.8, 4) is 16.3 Å². The summed E-state index contributed by atoms with van der Waals surface area (Å²) in [6.45, 7) is 1.53. The molecule has 0 saturated carbocycles. The van der Waals surface area contributed by atoms with E-state index in [4.69, 9.17) is 16.3 Å². The molecule has 0 spiro atoms. The quantitative estimate of drug-likeness (QED) is 0.240. The van der Waals surface area contributed by atoms with Gasteiger partial charge < -0.3 is 4.74 Å². The van der Waals surface area contributed by atoms with Gasteiger partial charge >= 0.3 is 5.97 Å². The van der Waals surface area contributed by atoms with Crippen LogP contribution in [0, 0.1) is 6.92 Å². The molecule has 5 aromatic rings. The van der Waals surface area contributed by atoms with Gasteiger partial charge in [0.15, 0.2) is 0 Å². The van der Waals surface area contributed by atoms with Crippen LogP contribution in [0.25, 0.3) is 16.3 Å². The van der Waals surface area contributed by atoms with Gasteiger partial charge in [-0.3, -0.25) is 14.2 Å². The monoisotopic (exact) mass is 594 g/mol. The van der Waals surface area contributed by atoms with Gasteiger partial charge in [-0.15, -0.1) is 11.3 Å². The molecule has 0 radical (unpaired) electrons. The summed E-state index contributed by atoms with van der Waals surface area (Å²) in [6.07, 6.45) is 0. The first-order valence-electron chi connectivity index (χ1n) is 12.0. The number of nitrogens with one attached hydrogen (secondary N) is 1. The second kappa shape index (κ2) is 11.1.